The third kappa shape index (κ3) is 5.13. The number of ether oxygens (including phenoxy) is 1. The van der Waals surface area contributed by atoms with Crippen LogP contribution in [0.5, 0.6) is 0 Å². The highest BCUT2D eigenvalue weighted by Crippen LogP contribution is 2.18. The molecule has 0 spiro atoms. The molecule has 1 N–H and O–H groups in total. The van der Waals surface area contributed by atoms with Gasteiger partial charge in [-0.1, -0.05) is 31.5 Å². The Hall–Kier alpha value is -2.27. The van der Waals surface area contributed by atoms with E-state index in [1.807, 2.05) is 12.1 Å². The van der Waals surface area contributed by atoms with Crippen molar-refractivity contribution in [3.63, 3.8) is 0 Å². The summed E-state index contributed by atoms with van der Waals surface area (Å²) in [5, 5.41) is 2.48. The smallest absolute Gasteiger partial charge is 0.256 e. The van der Waals surface area contributed by atoms with Gasteiger partial charge in [-0.25, -0.2) is 8.78 Å². The van der Waals surface area contributed by atoms with Crippen molar-refractivity contribution in [2.45, 2.75) is 26.2 Å². The van der Waals surface area contributed by atoms with Crippen molar-refractivity contribution in [1.29, 1.82) is 0 Å². The van der Waals surface area contributed by atoms with Crippen molar-refractivity contribution in [1.82, 2.24) is 0 Å². The average molecular weight is 333 g/mol. The summed E-state index contributed by atoms with van der Waals surface area (Å²) in [7, 11) is 0. The summed E-state index contributed by atoms with van der Waals surface area (Å²) in [5.41, 5.74) is 1.24. The van der Waals surface area contributed by atoms with Crippen molar-refractivity contribution in [3.05, 3.63) is 65.2 Å². The van der Waals surface area contributed by atoms with E-state index in [2.05, 4.69) is 12.2 Å². The van der Waals surface area contributed by atoms with Crippen LogP contribution in [-0.2, 0) is 11.2 Å². The van der Waals surface area contributed by atoms with Gasteiger partial charge in [0.2, 0.25) is 0 Å². The van der Waals surface area contributed by atoms with Gasteiger partial charge in [0.25, 0.3) is 5.91 Å². The van der Waals surface area contributed by atoms with E-state index in [0.717, 1.165) is 30.5 Å². The Bertz CT molecular complexity index is 689. The summed E-state index contributed by atoms with van der Waals surface area (Å²) in [4.78, 5) is 12.4. The molecule has 128 valence electrons. The number of carbonyl (C=O) groups excluding carboxylic acids is 1. The standard InChI is InChI=1S/C19H21F2NO2/c1-2-3-11-24-12-10-14-6-4-5-7-16(14)19(23)22-18-9-8-15(20)13-17(18)21/h4-9,13H,2-3,10-12H2,1H3,(H,22,23). The van der Waals surface area contributed by atoms with Crippen LogP contribution in [0.25, 0.3) is 0 Å². The summed E-state index contributed by atoms with van der Waals surface area (Å²) in [6, 6.07) is 10.2. The average Bonchev–Trinajstić information content (AvgIpc) is 2.57. The molecular weight excluding hydrogens is 312 g/mol. The molecule has 0 aliphatic rings. The highest BCUT2D eigenvalue weighted by Gasteiger charge is 2.13. The molecule has 0 saturated heterocycles. The lowest BCUT2D eigenvalue weighted by molar-refractivity contribution is 0.102. The van der Waals surface area contributed by atoms with Gasteiger partial charge in [-0.3, -0.25) is 4.79 Å². The van der Waals surface area contributed by atoms with E-state index in [4.69, 9.17) is 4.74 Å². The molecule has 0 aliphatic carbocycles. The minimum Gasteiger partial charge on any atom is -0.381 e. The summed E-state index contributed by atoms with van der Waals surface area (Å²) < 4.78 is 32.1. The minimum absolute atomic E-state index is 0.0459. The number of hydrogen-bond acceptors (Lipinski definition) is 2. The van der Waals surface area contributed by atoms with Crippen LogP contribution in [0, 0.1) is 11.6 Å². The summed E-state index contributed by atoms with van der Waals surface area (Å²) >= 11 is 0. The molecule has 0 atom stereocenters. The second kappa shape index (κ2) is 9.13. The summed E-state index contributed by atoms with van der Waals surface area (Å²) in [5.74, 6) is -1.91. The van der Waals surface area contributed by atoms with Gasteiger partial charge >= 0.3 is 0 Å². The second-order valence-electron chi connectivity index (χ2n) is 5.45. The molecule has 24 heavy (non-hydrogen) atoms. The zero-order chi connectivity index (χ0) is 17.4. The quantitative estimate of drug-likeness (QED) is 0.718. The van der Waals surface area contributed by atoms with E-state index in [9.17, 15) is 13.6 Å². The molecule has 2 aromatic rings. The van der Waals surface area contributed by atoms with Gasteiger partial charge < -0.3 is 10.1 Å². The Kier molecular flexibility index (Phi) is 6.88. The number of nitrogens with one attached hydrogen (secondary N) is 1. The number of anilines is 1. The van der Waals surface area contributed by atoms with Gasteiger partial charge in [0.1, 0.15) is 11.6 Å². The molecule has 0 aromatic heterocycles. The maximum Gasteiger partial charge on any atom is 0.256 e. The first kappa shape index (κ1) is 18.1. The van der Waals surface area contributed by atoms with E-state index >= 15 is 0 Å². The molecular formula is C19H21F2NO2. The van der Waals surface area contributed by atoms with E-state index in [-0.39, 0.29) is 5.69 Å². The largest absolute Gasteiger partial charge is 0.381 e. The molecule has 2 aromatic carbocycles. The monoisotopic (exact) mass is 333 g/mol. The van der Waals surface area contributed by atoms with E-state index in [0.29, 0.717) is 25.2 Å². The molecule has 0 aliphatic heterocycles. The van der Waals surface area contributed by atoms with Gasteiger partial charge in [0.15, 0.2) is 0 Å². The van der Waals surface area contributed by atoms with Crippen molar-refractivity contribution < 1.29 is 18.3 Å². The van der Waals surface area contributed by atoms with Crippen LogP contribution in [0.4, 0.5) is 14.5 Å². The number of carbonyl (C=O) groups is 1. The lowest BCUT2D eigenvalue weighted by Crippen LogP contribution is -2.16. The van der Waals surface area contributed by atoms with E-state index in [1.54, 1.807) is 12.1 Å². The van der Waals surface area contributed by atoms with Crippen molar-refractivity contribution in [3.8, 4) is 0 Å². The van der Waals surface area contributed by atoms with Crippen LogP contribution in [0.2, 0.25) is 0 Å². The third-order valence-corrected chi connectivity index (χ3v) is 3.60. The molecule has 0 unspecified atom stereocenters. The zero-order valence-corrected chi connectivity index (χ0v) is 13.6. The Balaban J connectivity index is 2.03. The molecule has 0 radical (unpaired) electrons. The predicted molar refractivity (Wildman–Crippen MR) is 90.2 cm³/mol. The van der Waals surface area contributed by atoms with E-state index in [1.165, 1.54) is 6.07 Å². The van der Waals surface area contributed by atoms with Crippen LogP contribution < -0.4 is 5.32 Å². The minimum atomic E-state index is -0.802. The topological polar surface area (TPSA) is 38.3 Å². The maximum atomic E-state index is 13.7. The van der Waals surface area contributed by atoms with Gasteiger partial charge in [0, 0.05) is 18.2 Å². The number of halogens is 2. The molecule has 0 saturated carbocycles. The normalized spacial score (nSPS) is 10.6. The van der Waals surface area contributed by atoms with Crippen LogP contribution in [0.1, 0.15) is 35.7 Å². The van der Waals surface area contributed by atoms with Crippen LogP contribution in [0.3, 0.4) is 0 Å². The summed E-state index contributed by atoms with van der Waals surface area (Å²) in [6.45, 7) is 3.32. The van der Waals surface area contributed by atoms with Crippen LogP contribution in [-0.4, -0.2) is 19.1 Å². The second-order valence-corrected chi connectivity index (χ2v) is 5.45. The van der Waals surface area contributed by atoms with Crippen LogP contribution in [0.15, 0.2) is 42.5 Å². The maximum absolute atomic E-state index is 13.7. The third-order valence-electron chi connectivity index (χ3n) is 3.60. The molecule has 3 nitrogen and oxygen atoms in total. The van der Waals surface area contributed by atoms with Gasteiger partial charge in [-0.15, -0.1) is 0 Å². The Morgan fingerprint density at radius 3 is 2.67 bits per heavy atom. The number of hydrogen-bond donors (Lipinski definition) is 1. The van der Waals surface area contributed by atoms with Crippen molar-refractivity contribution in [2.75, 3.05) is 18.5 Å². The summed E-state index contributed by atoms with van der Waals surface area (Å²) in [6.07, 6.45) is 2.67. The van der Waals surface area contributed by atoms with Crippen molar-refractivity contribution >= 4 is 11.6 Å². The Morgan fingerprint density at radius 1 is 1.12 bits per heavy atom. The van der Waals surface area contributed by atoms with Crippen molar-refractivity contribution in [2.24, 2.45) is 0 Å². The van der Waals surface area contributed by atoms with E-state index < -0.39 is 17.5 Å². The molecule has 0 bridgehead atoms. The molecule has 0 fully saturated rings. The number of rotatable bonds is 8. The Morgan fingerprint density at radius 2 is 1.92 bits per heavy atom. The first-order chi connectivity index (χ1) is 11.6. The Labute approximate surface area is 140 Å². The highest BCUT2D eigenvalue weighted by atomic mass is 19.1. The molecule has 5 heteroatoms. The number of amides is 1. The first-order valence-corrected chi connectivity index (χ1v) is 8.04. The number of unbranched alkanes of at least 4 members (excludes halogenated alkanes) is 1. The van der Waals surface area contributed by atoms with Gasteiger partial charge in [0.05, 0.1) is 12.3 Å². The molecule has 0 heterocycles. The number of benzene rings is 2. The fraction of sp³-hybridized carbons (Fsp3) is 0.316. The van der Waals surface area contributed by atoms with Gasteiger partial charge in [-0.05, 0) is 36.6 Å². The van der Waals surface area contributed by atoms with Crippen LogP contribution >= 0.6 is 0 Å². The fourth-order valence-electron chi connectivity index (χ4n) is 2.27. The lowest BCUT2D eigenvalue weighted by atomic mass is 10.0. The highest BCUT2D eigenvalue weighted by molar-refractivity contribution is 6.05. The molecule has 1 amide bonds. The predicted octanol–water partition coefficient (Wildman–Crippen LogP) is 4.58. The fourth-order valence-corrected chi connectivity index (χ4v) is 2.27. The zero-order valence-electron chi connectivity index (χ0n) is 13.6. The first-order valence-electron chi connectivity index (χ1n) is 8.04. The van der Waals surface area contributed by atoms with Gasteiger partial charge in [-0.2, -0.15) is 0 Å². The SMILES string of the molecule is CCCCOCCc1ccccc1C(=O)Nc1ccc(F)cc1F. The lowest BCUT2D eigenvalue weighted by Gasteiger charge is -2.11. The molecule has 2 rings (SSSR count).